The normalized spacial score (nSPS) is 22.0. The zero-order chi connectivity index (χ0) is 16.0. The van der Waals surface area contributed by atoms with Crippen LogP contribution in [0, 0.1) is 11.8 Å². The van der Waals surface area contributed by atoms with Crippen molar-refractivity contribution in [2.75, 3.05) is 17.0 Å². The van der Waals surface area contributed by atoms with Crippen molar-refractivity contribution < 1.29 is 13.2 Å². The molecule has 1 amide bonds. The fraction of sp³-hybridized carbons (Fsp3) is 0.562. The maximum absolute atomic E-state index is 12.1. The first-order valence-corrected chi connectivity index (χ1v) is 9.45. The van der Waals surface area contributed by atoms with Gasteiger partial charge in [0.05, 0.1) is 5.75 Å². The summed E-state index contributed by atoms with van der Waals surface area (Å²) in [6.07, 6.45) is 4.07. The molecule has 2 atom stereocenters. The van der Waals surface area contributed by atoms with E-state index in [1.807, 2.05) is 6.07 Å². The highest BCUT2D eigenvalue weighted by Gasteiger charge is 2.25. The van der Waals surface area contributed by atoms with Crippen molar-refractivity contribution >= 4 is 21.6 Å². The number of amides is 1. The molecular weight excluding hydrogens is 300 g/mol. The van der Waals surface area contributed by atoms with Crippen LogP contribution < -0.4 is 10.0 Å². The summed E-state index contributed by atoms with van der Waals surface area (Å²) in [6, 6.07) is 8.75. The SMILES string of the molecule is CC1CCCC(C(=O)NCCS(=O)(=O)Nc2ccccc2)C1. The van der Waals surface area contributed by atoms with Gasteiger partial charge in [0.25, 0.3) is 0 Å². The highest BCUT2D eigenvalue weighted by molar-refractivity contribution is 7.92. The van der Waals surface area contributed by atoms with Gasteiger partial charge in [-0.1, -0.05) is 38.0 Å². The first-order chi connectivity index (χ1) is 10.5. The van der Waals surface area contributed by atoms with E-state index in [0.717, 1.165) is 19.3 Å². The molecule has 0 saturated heterocycles. The van der Waals surface area contributed by atoms with E-state index in [-0.39, 0.29) is 24.1 Å². The van der Waals surface area contributed by atoms with Crippen LogP contribution in [0.3, 0.4) is 0 Å². The molecule has 0 aliphatic heterocycles. The molecule has 1 fully saturated rings. The first-order valence-electron chi connectivity index (χ1n) is 7.79. The molecule has 5 nitrogen and oxygen atoms in total. The van der Waals surface area contributed by atoms with Gasteiger partial charge >= 0.3 is 0 Å². The molecule has 0 bridgehead atoms. The van der Waals surface area contributed by atoms with Gasteiger partial charge < -0.3 is 5.32 Å². The summed E-state index contributed by atoms with van der Waals surface area (Å²) in [5.74, 6) is 0.485. The highest BCUT2D eigenvalue weighted by atomic mass is 32.2. The molecule has 0 radical (unpaired) electrons. The first kappa shape index (κ1) is 16.8. The van der Waals surface area contributed by atoms with Gasteiger partial charge in [0.15, 0.2) is 0 Å². The van der Waals surface area contributed by atoms with E-state index in [2.05, 4.69) is 17.0 Å². The number of para-hydroxylation sites is 1. The predicted octanol–water partition coefficient (Wildman–Crippen LogP) is 2.37. The lowest BCUT2D eigenvalue weighted by Gasteiger charge is -2.25. The number of carbonyl (C=O) groups excluding carboxylic acids is 1. The fourth-order valence-corrected chi connectivity index (χ4v) is 3.83. The number of hydrogen-bond donors (Lipinski definition) is 2. The maximum atomic E-state index is 12.1. The smallest absolute Gasteiger partial charge is 0.234 e. The van der Waals surface area contributed by atoms with E-state index >= 15 is 0 Å². The molecule has 0 aromatic heterocycles. The predicted molar refractivity (Wildman–Crippen MR) is 88.0 cm³/mol. The number of benzene rings is 1. The van der Waals surface area contributed by atoms with Gasteiger partial charge in [-0.25, -0.2) is 8.42 Å². The molecule has 2 rings (SSSR count). The van der Waals surface area contributed by atoms with E-state index < -0.39 is 10.0 Å². The third kappa shape index (κ3) is 5.33. The molecule has 0 spiro atoms. The Labute approximate surface area is 132 Å². The summed E-state index contributed by atoms with van der Waals surface area (Å²) in [5.41, 5.74) is 0.537. The van der Waals surface area contributed by atoms with E-state index in [9.17, 15) is 13.2 Å². The number of sulfonamides is 1. The molecule has 1 aromatic carbocycles. The van der Waals surface area contributed by atoms with Crippen molar-refractivity contribution in [3.63, 3.8) is 0 Å². The second-order valence-electron chi connectivity index (χ2n) is 6.05. The lowest BCUT2D eigenvalue weighted by Crippen LogP contribution is -2.37. The molecule has 1 aliphatic rings. The number of nitrogens with one attached hydrogen (secondary N) is 2. The number of carbonyl (C=O) groups is 1. The lowest BCUT2D eigenvalue weighted by atomic mass is 9.82. The summed E-state index contributed by atoms with van der Waals surface area (Å²) < 4.78 is 26.4. The van der Waals surface area contributed by atoms with Crippen LogP contribution in [0.25, 0.3) is 0 Å². The quantitative estimate of drug-likeness (QED) is 0.843. The van der Waals surface area contributed by atoms with Crippen LogP contribution in [0.5, 0.6) is 0 Å². The van der Waals surface area contributed by atoms with Crippen LogP contribution >= 0.6 is 0 Å². The van der Waals surface area contributed by atoms with Crippen molar-refractivity contribution in [3.05, 3.63) is 30.3 Å². The van der Waals surface area contributed by atoms with Crippen LogP contribution in [-0.4, -0.2) is 26.6 Å². The molecule has 22 heavy (non-hydrogen) atoms. The zero-order valence-electron chi connectivity index (χ0n) is 12.9. The van der Waals surface area contributed by atoms with Gasteiger partial charge in [0.2, 0.25) is 15.9 Å². The number of rotatable bonds is 6. The molecule has 6 heteroatoms. The Hall–Kier alpha value is -1.56. The van der Waals surface area contributed by atoms with Crippen LogP contribution in [0.1, 0.15) is 32.6 Å². The summed E-state index contributed by atoms with van der Waals surface area (Å²) in [6.45, 7) is 2.31. The third-order valence-corrected chi connectivity index (χ3v) is 5.31. The second-order valence-corrected chi connectivity index (χ2v) is 7.89. The monoisotopic (exact) mass is 324 g/mol. The number of hydrogen-bond acceptors (Lipinski definition) is 3. The molecule has 2 N–H and O–H groups in total. The Kier molecular flexibility index (Phi) is 5.83. The highest BCUT2D eigenvalue weighted by Crippen LogP contribution is 2.28. The Balaban J connectivity index is 1.76. The second kappa shape index (κ2) is 7.63. The topological polar surface area (TPSA) is 75.3 Å². The summed E-state index contributed by atoms with van der Waals surface area (Å²) in [4.78, 5) is 12.1. The standard InChI is InChI=1S/C16H24N2O3S/c1-13-6-5-7-14(12-13)16(19)17-10-11-22(20,21)18-15-8-3-2-4-9-15/h2-4,8-9,13-14,18H,5-7,10-12H2,1H3,(H,17,19). The summed E-state index contributed by atoms with van der Waals surface area (Å²) in [5, 5.41) is 2.76. The minimum atomic E-state index is -3.44. The van der Waals surface area contributed by atoms with E-state index in [1.54, 1.807) is 24.3 Å². The molecule has 1 saturated carbocycles. The molecular formula is C16H24N2O3S. The Morgan fingerprint density at radius 1 is 1.23 bits per heavy atom. The number of anilines is 1. The van der Waals surface area contributed by atoms with Crippen molar-refractivity contribution in [2.45, 2.75) is 32.6 Å². The van der Waals surface area contributed by atoms with Gasteiger partial charge in [0, 0.05) is 18.2 Å². The van der Waals surface area contributed by atoms with E-state index in [4.69, 9.17) is 0 Å². The zero-order valence-corrected chi connectivity index (χ0v) is 13.7. The average molecular weight is 324 g/mol. The average Bonchev–Trinajstić information content (AvgIpc) is 2.47. The van der Waals surface area contributed by atoms with Crippen molar-refractivity contribution in [1.82, 2.24) is 5.32 Å². The Morgan fingerprint density at radius 2 is 1.95 bits per heavy atom. The minimum absolute atomic E-state index is 0.0125. The maximum Gasteiger partial charge on any atom is 0.234 e. The fourth-order valence-electron chi connectivity index (χ4n) is 2.86. The largest absolute Gasteiger partial charge is 0.355 e. The van der Waals surface area contributed by atoms with Crippen molar-refractivity contribution in [3.8, 4) is 0 Å². The van der Waals surface area contributed by atoms with Gasteiger partial charge in [-0.15, -0.1) is 0 Å². The summed E-state index contributed by atoms with van der Waals surface area (Å²) in [7, 11) is -3.44. The van der Waals surface area contributed by atoms with E-state index in [0.29, 0.717) is 11.6 Å². The van der Waals surface area contributed by atoms with Crippen LogP contribution in [-0.2, 0) is 14.8 Å². The van der Waals surface area contributed by atoms with Crippen LogP contribution in [0.15, 0.2) is 30.3 Å². The molecule has 2 unspecified atom stereocenters. The van der Waals surface area contributed by atoms with Crippen molar-refractivity contribution in [2.24, 2.45) is 11.8 Å². The molecule has 1 aromatic rings. The Bertz CT molecular complexity index is 587. The van der Waals surface area contributed by atoms with Crippen LogP contribution in [0.4, 0.5) is 5.69 Å². The van der Waals surface area contributed by atoms with Gasteiger partial charge in [-0.3, -0.25) is 9.52 Å². The van der Waals surface area contributed by atoms with Gasteiger partial charge in [0.1, 0.15) is 0 Å². The molecule has 0 heterocycles. The van der Waals surface area contributed by atoms with E-state index in [1.165, 1.54) is 6.42 Å². The van der Waals surface area contributed by atoms with Gasteiger partial charge in [-0.2, -0.15) is 0 Å². The molecule has 1 aliphatic carbocycles. The van der Waals surface area contributed by atoms with Crippen molar-refractivity contribution in [1.29, 1.82) is 0 Å². The third-order valence-electron chi connectivity index (χ3n) is 4.02. The Morgan fingerprint density at radius 3 is 2.64 bits per heavy atom. The van der Waals surface area contributed by atoms with Crippen LogP contribution in [0.2, 0.25) is 0 Å². The lowest BCUT2D eigenvalue weighted by molar-refractivity contribution is -0.126. The van der Waals surface area contributed by atoms with Gasteiger partial charge in [-0.05, 0) is 30.9 Å². The molecule has 122 valence electrons. The summed E-state index contributed by atoms with van der Waals surface area (Å²) >= 11 is 0. The minimum Gasteiger partial charge on any atom is -0.355 e.